The van der Waals surface area contributed by atoms with Crippen LogP contribution in [0.15, 0.2) is 54.9 Å². The summed E-state index contributed by atoms with van der Waals surface area (Å²) in [5.41, 5.74) is 0. The molecule has 0 spiro atoms. The lowest BCUT2D eigenvalue weighted by Crippen LogP contribution is -1.99. The molecule has 0 amide bonds. The van der Waals surface area contributed by atoms with E-state index in [-0.39, 0.29) is 6.01 Å². The molecule has 0 saturated heterocycles. The molecule has 1 unspecified atom stereocenters. The molecule has 0 aliphatic heterocycles. The van der Waals surface area contributed by atoms with Crippen LogP contribution in [0.3, 0.4) is 0 Å². The number of para-hydroxylation sites is 1. The highest BCUT2D eigenvalue weighted by Crippen LogP contribution is 2.45. The Kier molecular flexibility index (Phi) is 4.33. The fourth-order valence-corrected chi connectivity index (χ4v) is 2.22. The second kappa shape index (κ2) is 6.41. The molecule has 0 bridgehead atoms. The molecule has 2 aromatic heterocycles. The Balaban J connectivity index is 1.81. The molecule has 3 rings (SSSR count). The molecule has 2 heterocycles. The summed E-state index contributed by atoms with van der Waals surface area (Å²) >= 11 is 3.40. The maximum atomic E-state index is 11.1. The molecule has 8 nitrogen and oxygen atoms in total. The maximum Gasteiger partial charge on any atom is 0.436 e. The third-order valence-corrected chi connectivity index (χ3v) is 3.23. The molecule has 0 radical (unpaired) electrons. The van der Waals surface area contributed by atoms with Crippen molar-refractivity contribution in [1.29, 1.82) is 0 Å². The Hall–Kier alpha value is -2.35. The zero-order valence-corrected chi connectivity index (χ0v) is 13.3. The van der Waals surface area contributed by atoms with Gasteiger partial charge in [0.05, 0.1) is 0 Å². The molecule has 1 N–H and O–H groups in total. The van der Waals surface area contributed by atoms with Crippen molar-refractivity contribution in [3.05, 3.63) is 54.9 Å². The first-order valence-corrected chi connectivity index (χ1v) is 9.10. The monoisotopic (exact) mass is 350 g/mol. The average Bonchev–Trinajstić information content (AvgIpc) is 2.95. The smallest absolute Gasteiger partial charge is 0.436 e. The van der Waals surface area contributed by atoms with Crippen LogP contribution < -0.4 is 9.26 Å². The molecule has 1 atom stereocenters. The lowest BCUT2D eigenvalue weighted by atomic mass is 10.3. The third-order valence-electron chi connectivity index (χ3n) is 2.58. The van der Waals surface area contributed by atoms with Crippen molar-refractivity contribution < 1.29 is 18.7 Å². The van der Waals surface area contributed by atoms with Gasteiger partial charge in [-0.1, -0.05) is 24.3 Å². The summed E-state index contributed by atoms with van der Waals surface area (Å²) in [4.78, 5) is 17.1. The van der Waals surface area contributed by atoms with Gasteiger partial charge >= 0.3 is 12.8 Å². The Morgan fingerprint density at radius 1 is 1.13 bits per heavy atom. The predicted octanol–water partition coefficient (Wildman–Crippen LogP) is 2.86. The van der Waals surface area contributed by atoms with Gasteiger partial charge in [-0.2, -0.15) is 14.6 Å². The summed E-state index contributed by atoms with van der Waals surface area (Å²) in [6.45, 7) is -4.01. The van der Waals surface area contributed by atoms with Crippen molar-refractivity contribution >= 4 is 19.0 Å². The highest BCUT2D eigenvalue weighted by atomic mass is 32.7. The van der Waals surface area contributed by atoms with Gasteiger partial charge in [0.15, 0.2) is 5.82 Å². The number of ether oxygens (including phenoxy) is 1. The molecule has 1 aromatic carbocycles. The molecule has 23 heavy (non-hydrogen) atoms. The Morgan fingerprint density at radius 3 is 2.65 bits per heavy atom. The van der Waals surface area contributed by atoms with Crippen molar-refractivity contribution in [3.63, 3.8) is 0 Å². The number of pyridine rings is 1. The molecule has 3 aromatic rings. The normalized spacial score (nSPS) is 13.3. The van der Waals surface area contributed by atoms with E-state index < -0.39 is 6.80 Å². The van der Waals surface area contributed by atoms with Crippen LogP contribution in [0, 0.1) is 0 Å². The fraction of sp³-hybridized carbons (Fsp3) is 0. The fourth-order valence-electron chi connectivity index (χ4n) is 1.70. The Morgan fingerprint density at radius 2 is 1.91 bits per heavy atom. The summed E-state index contributed by atoms with van der Waals surface area (Å²) in [6.07, 6.45) is 1.30. The lowest BCUT2D eigenvalue weighted by Gasteiger charge is -2.06. The number of hydrogen-bond acceptors (Lipinski definition) is 6. The van der Waals surface area contributed by atoms with Crippen molar-refractivity contribution in [2.75, 3.05) is 0 Å². The largest absolute Gasteiger partial charge is 0.439 e. The molecule has 0 aliphatic rings. The van der Waals surface area contributed by atoms with E-state index in [1.807, 2.05) is 18.2 Å². The first-order valence-electron chi connectivity index (χ1n) is 6.37. The van der Waals surface area contributed by atoms with Crippen molar-refractivity contribution in [2.45, 2.75) is 0 Å². The quantitative estimate of drug-likeness (QED) is 0.539. The van der Waals surface area contributed by atoms with E-state index in [1.165, 1.54) is 11.0 Å². The zero-order valence-electron chi connectivity index (χ0n) is 11.6. The first-order chi connectivity index (χ1) is 11.0. The molecular formula is C13H11N4O4PS. The summed E-state index contributed by atoms with van der Waals surface area (Å²) in [5.74, 6) is 1.43. The zero-order chi connectivity index (χ0) is 16.3. The molecule has 0 fully saturated rings. The van der Waals surface area contributed by atoms with Gasteiger partial charge in [0.25, 0.3) is 0 Å². The summed E-state index contributed by atoms with van der Waals surface area (Å²) in [5, 5.41) is 3.90. The molecule has 0 aliphatic carbocycles. The highest BCUT2D eigenvalue weighted by Gasteiger charge is 2.17. The highest BCUT2D eigenvalue weighted by molar-refractivity contribution is 8.44. The molecule has 0 saturated carbocycles. The minimum atomic E-state index is -4.01. The van der Waals surface area contributed by atoms with Crippen LogP contribution in [0.4, 0.5) is 0 Å². The summed E-state index contributed by atoms with van der Waals surface area (Å²) in [7, 11) is 0. The van der Waals surface area contributed by atoms with Gasteiger partial charge in [-0.15, -0.1) is 5.10 Å². The Labute approximate surface area is 136 Å². The van der Waals surface area contributed by atoms with E-state index in [9.17, 15) is 4.57 Å². The van der Waals surface area contributed by atoms with E-state index in [1.54, 1.807) is 30.3 Å². The van der Waals surface area contributed by atoms with Crippen LogP contribution >= 0.6 is 19.0 Å². The van der Waals surface area contributed by atoms with E-state index in [2.05, 4.69) is 31.8 Å². The van der Waals surface area contributed by atoms with Crippen LogP contribution in [0.2, 0.25) is 0 Å². The number of nitrogens with zero attached hydrogens (tertiary/aromatic N) is 4. The number of thiol groups is 1. The minimum absolute atomic E-state index is 0.276. The van der Waals surface area contributed by atoms with Crippen LogP contribution in [-0.4, -0.2) is 24.6 Å². The third kappa shape index (κ3) is 4.32. The van der Waals surface area contributed by atoms with Gasteiger partial charge in [-0.3, -0.25) is 0 Å². The second-order valence-electron chi connectivity index (χ2n) is 4.30. The second-order valence-corrected chi connectivity index (χ2v) is 6.98. The summed E-state index contributed by atoms with van der Waals surface area (Å²) < 4.78 is 22.6. The lowest BCUT2D eigenvalue weighted by molar-refractivity contribution is 0.389. The standard InChI is InChI=1S/C13H11N4O4PS/c18-22(19,23)21-13-14-9-17(16-13)11-7-4-8-12(15-11)20-10-5-2-1-3-6-10/h1-9H,(H2,18,19,23). The molecule has 10 heteroatoms. The number of aromatic nitrogens is 4. The van der Waals surface area contributed by atoms with Gasteiger partial charge in [-0.05, 0) is 30.4 Å². The Bertz CT molecular complexity index is 852. The first kappa shape index (κ1) is 15.5. The van der Waals surface area contributed by atoms with E-state index in [4.69, 9.17) is 9.63 Å². The molecule has 118 valence electrons. The van der Waals surface area contributed by atoms with Crippen molar-refractivity contribution in [3.8, 4) is 23.5 Å². The van der Waals surface area contributed by atoms with Gasteiger partial charge in [-0.25, -0.2) is 4.57 Å². The van der Waals surface area contributed by atoms with Gasteiger partial charge in [0.1, 0.15) is 12.1 Å². The SMILES string of the molecule is O=P(O)(S)Oc1ncn(-c2cccc(Oc3ccccc3)n2)n1. The van der Waals surface area contributed by atoms with E-state index in [0.29, 0.717) is 17.4 Å². The summed E-state index contributed by atoms with van der Waals surface area (Å²) in [6, 6.07) is 14.0. The van der Waals surface area contributed by atoms with Gasteiger partial charge in [0.2, 0.25) is 5.88 Å². The van der Waals surface area contributed by atoms with Gasteiger partial charge in [0, 0.05) is 6.07 Å². The predicted molar refractivity (Wildman–Crippen MR) is 85.1 cm³/mol. The van der Waals surface area contributed by atoms with Crippen LogP contribution in [0.25, 0.3) is 5.82 Å². The number of hydrogen-bond donors (Lipinski definition) is 2. The number of benzene rings is 1. The van der Waals surface area contributed by atoms with Crippen LogP contribution in [0.5, 0.6) is 17.6 Å². The van der Waals surface area contributed by atoms with Crippen LogP contribution in [0.1, 0.15) is 0 Å². The van der Waals surface area contributed by atoms with E-state index in [0.717, 1.165) is 0 Å². The maximum absolute atomic E-state index is 11.1. The van der Waals surface area contributed by atoms with Crippen LogP contribution in [-0.2, 0) is 4.57 Å². The topological polar surface area (TPSA) is 99.4 Å². The van der Waals surface area contributed by atoms with Gasteiger partial charge < -0.3 is 14.2 Å². The minimum Gasteiger partial charge on any atom is -0.439 e. The number of rotatable bonds is 5. The van der Waals surface area contributed by atoms with Crippen molar-refractivity contribution in [1.82, 2.24) is 19.7 Å². The van der Waals surface area contributed by atoms with Crippen molar-refractivity contribution in [2.24, 2.45) is 0 Å². The average molecular weight is 350 g/mol. The molecular weight excluding hydrogens is 339 g/mol. The van der Waals surface area contributed by atoms with E-state index >= 15 is 0 Å².